The van der Waals surface area contributed by atoms with Gasteiger partial charge in [-0.15, -0.1) is 0 Å². The molecule has 0 spiro atoms. The first-order valence-corrected chi connectivity index (χ1v) is 8.12. The quantitative estimate of drug-likeness (QED) is 0.886. The van der Waals surface area contributed by atoms with Crippen LogP contribution < -0.4 is 10.2 Å². The summed E-state index contributed by atoms with van der Waals surface area (Å²) in [5.41, 5.74) is 2.41. The Balaban J connectivity index is 1.97. The minimum Gasteiger partial charge on any atom is -0.370 e. The predicted octanol–water partition coefficient (Wildman–Crippen LogP) is 3.77. The summed E-state index contributed by atoms with van der Waals surface area (Å²) in [6, 6.07) is 4.71. The normalized spacial score (nSPS) is 21.6. The third-order valence-corrected chi connectivity index (χ3v) is 4.56. The van der Waals surface area contributed by atoms with E-state index < -0.39 is 0 Å². The van der Waals surface area contributed by atoms with Crippen LogP contribution in [-0.2, 0) is 0 Å². The van der Waals surface area contributed by atoms with Crippen LogP contribution in [0.2, 0.25) is 0 Å². The van der Waals surface area contributed by atoms with E-state index in [-0.39, 0.29) is 0 Å². The third-order valence-electron chi connectivity index (χ3n) is 4.56. The van der Waals surface area contributed by atoms with Crippen molar-refractivity contribution < 1.29 is 0 Å². The van der Waals surface area contributed by atoms with E-state index in [1.165, 1.54) is 50.9 Å². The Hall–Kier alpha value is -1.09. The molecule has 112 valence electrons. The smallest absolute Gasteiger partial charge is 0.0571 e. The van der Waals surface area contributed by atoms with Gasteiger partial charge in [0.1, 0.15) is 0 Å². The van der Waals surface area contributed by atoms with Gasteiger partial charge < -0.3 is 10.2 Å². The molecule has 1 aromatic rings. The van der Waals surface area contributed by atoms with E-state index in [0.717, 1.165) is 11.6 Å². The van der Waals surface area contributed by atoms with Crippen LogP contribution in [0.25, 0.3) is 0 Å². The summed E-state index contributed by atoms with van der Waals surface area (Å²) < 4.78 is 0. The van der Waals surface area contributed by atoms with Crippen molar-refractivity contribution in [2.45, 2.75) is 52.0 Å². The highest BCUT2D eigenvalue weighted by molar-refractivity contribution is 5.44. The van der Waals surface area contributed by atoms with E-state index in [4.69, 9.17) is 0 Å². The first-order chi connectivity index (χ1) is 9.74. The summed E-state index contributed by atoms with van der Waals surface area (Å²) in [7, 11) is 1.98. The Bertz CT molecular complexity index is 388. The monoisotopic (exact) mass is 275 g/mol. The molecule has 1 fully saturated rings. The molecular formula is C17H29N3. The van der Waals surface area contributed by atoms with Crippen LogP contribution in [0.4, 0.5) is 5.69 Å². The summed E-state index contributed by atoms with van der Waals surface area (Å²) in [6.07, 6.45) is 8.81. The van der Waals surface area contributed by atoms with Crippen molar-refractivity contribution in [1.29, 1.82) is 0 Å². The fourth-order valence-corrected chi connectivity index (χ4v) is 3.11. The molecule has 2 heterocycles. The average molecular weight is 275 g/mol. The number of nitrogens with one attached hydrogen (secondary N) is 1. The van der Waals surface area contributed by atoms with Crippen LogP contribution in [0, 0.1) is 5.92 Å². The average Bonchev–Trinajstić information content (AvgIpc) is 2.73. The highest BCUT2D eigenvalue weighted by atomic mass is 15.1. The maximum absolute atomic E-state index is 4.61. The van der Waals surface area contributed by atoms with Crippen LogP contribution in [-0.4, -0.2) is 25.1 Å². The van der Waals surface area contributed by atoms with Gasteiger partial charge in [0.2, 0.25) is 0 Å². The van der Waals surface area contributed by atoms with Gasteiger partial charge in [-0.25, -0.2) is 0 Å². The highest BCUT2D eigenvalue weighted by Gasteiger charge is 2.17. The van der Waals surface area contributed by atoms with Crippen molar-refractivity contribution in [1.82, 2.24) is 10.3 Å². The Labute approximate surface area is 123 Å². The highest BCUT2D eigenvalue weighted by Crippen LogP contribution is 2.25. The zero-order chi connectivity index (χ0) is 14.4. The SMILES string of the molecule is CCCC1CCCN(c2ccc(C(C)NC)nc2)CC1. The molecule has 3 heteroatoms. The molecule has 20 heavy (non-hydrogen) atoms. The van der Waals surface area contributed by atoms with Gasteiger partial charge in [-0.1, -0.05) is 19.8 Å². The molecular weight excluding hydrogens is 246 g/mol. The lowest BCUT2D eigenvalue weighted by Gasteiger charge is -2.23. The largest absolute Gasteiger partial charge is 0.370 e. The van der Waals surface area contributed by atoms with Crippen molar-refractivity contribution in [3.8, 4) is 0 Å². The Morgan fingerprint density at radius 2 is 2.20 bits per heavy atom. The number of hydrogen-bond donors (Lipinski definition) is 1. The molecule has 0 aromatic carbocycles. The van der Waals surface area contributed by atoms with Crippen molar-refractivity contribution in [2.24, 2.45) is 5.92 Å². The molecule has 0 radical (unpaired) electrons. The minimum atomic E-state index is 0.321. The Kier molecular flexibility index (Phi) is 5.84. The molecule has 2 rings (SSSR count). The molecule has 3 nitrogen and oxygen atoms in total. The van der Waals surface area contributed by atoms with E-state index in [2.05, 4.69) is 41.2 Å². The van der Waals surface area contributed by atoms with Crippen LogP contribution in [0.1, 0.15) is 57.7 Å². The number of pyridine rings is 1. The Morgan fingerprint density at radius 1 is 1.35 bits per heavy atom. The summed E-state index contributed by atoms with van der Waals surface area (Å²) in [6.45, 7) is 6.81. The van der Waals surface area contributed by atoms with Gasteiger partial charge in [-0.2, -0.15) is 0 Å². The number of hydrogen-bond acceptors (Lipinski definition) is 3. The van der Waals surface area contributed by atoms with Gasteiger partial charge >= 0.3 is 0 Å². The molecule has 2 unspecified atom stereocenters. The molecule has 0 amide bonds. The molecule has 1 saturated heterocycles. The van der Waals surface area contributed by atoms with Gasteiger partial charge in [0.05, 0.1) is 17.6 Å². The zero-order valence-corrected chi connectivity index (χ0v) is 13.2. The van der Waals surface area contributed by atoms with Crippen LogP contribution in [0.5, 0.6) is 0 Å². The molecule has 1 N–H and O–H groups in total. The lowest BCUT2D eigenvalue weighted by atomic mass is 9.96. The molecule has 1 aromatic heterocycles. The van der Waals surface area contributed by atoms with E-state index in [9.17, 15) is 0 Å². The second-order valence-corrected chi connectivity index (χ2v) is 6.02. The molecule has 1 aliphatic heterocycles. The number of nitrogens with zero attached hydrogens (tertiary/aromatic N) is 2. The van der Waals surface area contributed by atoms with Crippen molar-refractivity contribution in [3.63, 3.8) is 0 Å². The van der Waals surface area contributed by atoms with E-state index in [0.29, 0.717) is 6.04 Å². The van der Waals surface area contributed by atoms with Crippen LogP contribution >= 0.6 is 0 Å². The van der Waals surface area contributed by atoms with Gasteiger partial charge in [-0.05, 0) is 51.3 Å². The summed E-state index contributed by atoms with van der Waals surface area (Å²) in [4.78, 5) is 7.12. The summed E-state index contributed by atoms with van der Waals surface area (Å²) >= 11 is 0. The van der Waals surface area contributed by atoms with Gasteiger partial charge in [0.25, 0.3) is 0 Å². The predicted molar refractivity (Wildman–Crippen MR) is 86.2 cm³/mol. The van der Waals surface area contributed by atoms with Crippen molar-refractivity contribution >= 4 is 5.69 Å². The Morgan fingerprint density at radius 3 is 2.85 bits per heavy atom. The van der Waals surface area contributed by atoms with E-state index in [1.54, 1.807) is 0 Å². The van der Waals surface area contributed by atoms with Gasteiger partial charge in [-0.3, -0.25) is 4.98 Å². The molecule has 0 aliphatic carbocycles. The molecule has 0 bridgehead atoms. The van der Waals surface area contributed by atoms with Crippen molar-refractivity contribution in [3.05, 3.63) is 24.0 Å². The minimum absolute atomic E-state index is 0.321. The van der Waals surface area contributed by atoms with Gasteiger partial charge in [0.15, 0.2) is 0 Å². The van der Waals surface area contributed by atoms with Crippen LogP contribution in [0.15, 0.2) is 18.3 Å². The van der Waals surface area contributed by atoms with Crippen molar-refractivity contribution in [2.75, 3.05) is 25.0 Å². The maximum atomic E-state index is 4.61. The number of rotatable bonds is 5. The third kappa shape index (κ3) is 3.95. The number of anilines is 1. The zero-order valence-electron chi connectivity index (χ0n) is 13.2. The molecule has 1 aliphatic rings. The molecule has 2 atom stereocenters. The standard InChI is InChI=1S/C17H29N3/c1-4-6-15-7-5-11-20(12-10-15)16-8-9-17(19-13-16)14(2)18-3/h8-9,13-15,18H,4-7,10-12H2,1-3H3. The molecule has 0 saturated carbocycles. The van der Waals surface area contributed by atoms with E-state index in [1.807, 2.05) is 13.2 Å². The lowest BCUT2D eigenvalue weighted by Crippen LogP contribution is -2.24. The summed E-state index contributed by atoms with van der Waals surface area (Å²) in [5.74, 6) is 0.932. The van der Waals surface area contributed by atoms with E-state index >= 15 is 0 Å². The van der Waals surface area contributed by atoms with Gasteiger partial charge in [0, 0.05) is 19.1 Å². The fraction of sp³-hybridized carbons (Fsp3) is 0.706. The number of aromatic nitrogens is 1. The second kappa shape index (κ2) is 7.63. The fourth-order valence-electron chi connectivity index (χ4n) is 3.11. The first kappa shape index (κ1) is 15.3. The maximum Gasteiger partial charge on any atom is 0.0571 e. The summed E-state index contributed by atoms with van der Waals surface area (Å²) in [5, 5.41) is 3.23. The topological polar surface area (TPSA) is 28.2 Å². The lowest BCUT2D eigenvalue weighted by molar-refractivity contribution is 0.435. The van der Waals surface area contributed by atoms with Crippen LogP contribution in [0.3, 0.4) is 0 Å². The first-order valence-electron chi connectivity index (χ1n) is 8.12. The second-order valence-electron chi connectivity index (χ2n) is 6.02.